The van der Waals surface area contributed by atoms with E-state index >= 15 is 0 Å². The molecule has 1 N–H and O–H groups in total. The molecule has 3 aromatic rings. The van der Waals surface area contributed by atoms with Crippen LogP contribution in [0.4, 0.5) is 19.0 Å². The predicted octanol–water partition coefficient (Wildman–Crippen LogP) is 4.03. The van der Waals surface area contributed by atoms with Gasteiger partial charge in [-0.2, -0.15) is 28.2 Å². The number of amides is 1. The lowest BCUT2D eigenvalue weighted by atomic mass is 9.90. The van der Waals surface area contributed by atoms with Crippen LogP contribution in [-0.4, -0.2) is 49.9 Å². The van der Waals surface area contributed by atoms with E-state index in [1.807, 2.05) is 11.0 Å². The van der Waals surface area contributed by atoms with Gasteiger partial charge in [0.1, 0.15) is 5.82 Å². The third-order valence-corrected chi connectivity index (χ3v) is 5.73. The van der Waals surface area contributed by atoms with Gasteiger partial charge in [-0.15, -0.1) is 0 Å². The molecule has 1 unspecified atom stereocenters. The number of hydrogen-bond acceptors (Lipinski definition) is 5. The van der Waals surface area contributed by atoms with E-state index in [1.54, 1.807) is 30.6 Å². The van der Waals surface area contributed by atoms with Gasteiger partial charge < -0.3 is 10.2 Å². The lowest BCUT2D eigenvalue weighted by molar-refractivity contribution is -0.137. The number of pyridine rings is 1. The van der Waals surface area contributed by atoms with Crippen molar-refractivity contribution in [1.82, 2.24) is 24.9 Å². The first-order valence-electron chi connectivity index (χ1n) is 10.4. The highest BCUT2D eigenvalue weighted by molar-refractivity contribution is 5.98. The number of piperidine rings is 1. The van der Waals surface area contributed by atoms with Gasteiger partial charge in [0, 0.05) is 19.3 Å². The van der Waals surface area contributed by atoms with Crippen molar-refractivity contribution in [2.24, 2.45) is 5.92 Å². The van der Waals surface area contributed by atoms with Crippen LogP contribution in [0.5, 0.6) is 0 Å². The molecular formula is C22H23F3N6O. The van der Waals surface area contributed by atoms with Gasteiger partial charge in [-0.1, -0.05) is 19.1 Å². The Morgan fingerprint density at radius 2 is 1.91 bits per heavy atom. The first kappa shape index (κ1) is 21.8. The third-order valence-electron chi connectivity index (χ3n) is 5.73. The van der Waals surface area contributed by atoms with E-state index < -0.39 is 11.7 Å². The molecule has 1 aliphatic rings. The maximum absolute atomic E-state index is 13.5. The molecule has 32 heavy (non-hydrogen) atoms. The summed E-state index contributed by atoms with van der Waals surface area (Å²) in [5.74, 6) is 0.422. The number of likely N-dealkylation sites (tertiary alicyclic amines) is 1. The number of benzene rings is 1. The normalized spacial score (nSPS) is 19.1. The van der Waals surface area contributed by atoms with Crippen molar-refractivity contribution in [3.63, 3.8) is 0 Å². The van der Waals surface area contributed by atoms with Crippen molar-refractivity contribution < 1.29 is 18.0 Å². The van der Waals surface area contributed by atoms with E-state index in [-0.39, 0.29) is 17.9 Å². The molecule has 10 heteroatoms. The van der Waals surface area contributed by atoms with Crippen LogP contribution < -0.4 is 5.32 Å². The van der Waals surface area contributed by atoms with E-state index in [4.69, 9.17) is 0 Å². The first-order chi connectivity index (χ1) is 15.3. The molecule has 1 aliphatic heterocycles. The molecular weight excluding hydrogens is 421 g/mol. The second-order valence-corrected chi connectivity index (χ2v) is 7.83. The molecule has 1 aromatic carbocycles. The second-order valence-electron chi connectivity index (χ2n) is 7.83. The molecule has 168 valence electrons. The number of carbonyl (C=O) groups excluding carboxylic acids is 1. The number of aromatic nitrogens is 4. The number of nitrogens with zero attached hydrogens (tertiary/aromatic N) is 5. The van der Waals surface area contributed by atoms with E-state index in [9.17, 15) is 18.0 Å². The minimum Gasteiger partial charge on any atom is -0.368 e. The predicted molar refractivity (Wildman–Crippen MR) is 112 cm³/mol. The van der Waals surface area contributed by atoms with Gasteiger partial charge in [-0.05, 0) is 43.0 Å². The third kappa shape index (κ3) is 4.58. The molecule has 0 saturated carbocycles. The minimum absolute atomic E-state index is 0.128. The average molecular weight is 444 g/mol. The molecule has 2 atom stereocenters. The number of alkyl halides is 3. The molecule has 7 nitrogen and oxygen atoms in total. The molecule has 1 saturated heterocycles. The highest BCUT2D eigenvalue weighted by Gasteiger charge is 2.34. The van der Waals surface area contributed by atoms with Gasteiger partial charge in [0.2, 0.25) is 0 Å². The lowest BCUT2D eigenvalue weighted by Crippen LogP contribution is -2.51. The summed E-state index contributed by atoms with van der Waals surface area (Å²) >= 11 is 0. The van der Waals surface area contributed by atoms with Crippen LogP contribution in [0.25, 0.3) is 5.69 Å². The van der Waals surface area contributed by atoms with Crippen molar-refractivity contribution in [3.05, 3.63) is 66.1 Å². The SMILES string of the molecule is C[C@@H]1CCCN(C(=O)c2ccccc2-n2nccn2)C1CNc1ccc(C(F)(F)F)cn1. The molecule has 4 rings (SSSR count). The van der Waals surface area contributed by atoms with Crippen LogP contribution in [0.3, 0.4) is 0 Å². The fourth-order valence-corrected chi connectivity index (χ4v) is 4.01. The van der Waals surface area contributed by atoms with Gasteiger partial charge >= 0.3 is 6.18 Å². The molecule has 2 aromatic heterocycles. The zero-order valence-corrected chi connectivity index (χ0v) is 17.5. The Kier molecular flexibility index (Phi) is 6.11. The Morgan fingerprint density at radius 3 is 2.59 bits per heavy atom. The van der Waals surface area contributed by atoms with Crippen molar-refractivity contribution in [2.75, 3.05) is 18.4 Å². The number of anilines is 1. The monoisotopic (exact) mass is 444 g/mol. The van der Waals surface area contributed by atoms with Crippen LogP contribution >= 0.6 is 0 Å². The average Bonchev–Trinajstić information content (AvgIpc) is 3.32. The van der Waals surface area contributed by atoms with E-state index in [2.05, 4.69) is 27.4 Å². The van der Waals surface area contributed by atoms with E-state index in [0.29, 0.717) is 30.2 Å². The molecule has 0 bridgehead atoms. The number of nitrogens with one attached hydrogen (secondary N) is 1. The Balaban J connectivity index is 1.53. The maximum atomic E-state index is 13.5. The lowest BCUT2D eigenvalue weighted by Gasteiger charge is -2.40. The van der Waals surface area contributed by atoms with Crippen molar-refractivity contribution in [3.8, 4) is 5.69 Å². The Bertz CT molecular complexity index is 1050. The van der Waals surface area contributed by atoms with Gasteiger partial charge in [0.15, 0.2) is 0 Å². The molecule has 0 spiro atoms. The summed E-state index contributed by atoms with van der Waals surface area (Å²) in [5.41, 5.74) is 0.294. The van der Waals surface area contributed by atoms with Crippen LogP contribution in [0.1, 0.15) is 35.7 Å². The number of halogens is 3. The maximum Gasteiger partial charge on any atom is 0.417 e. The standard InChI is InChI=1S/C22H23F3N6O/c1-15-5-4-12-30(19(15)14-27-20-9-8-16(13-26-20)22(23,24)25)21(32)17-6-2-3-7-18(17)31-28-10-11-29-31/h2-3,6-11,13,15,19H,4-5,12,14H2,1H3,(H,26,27)/t15-,19?/m1/s1. The first-order valence-corrected chi connectivity index (χ1v) is 10.4. The van der Waals surface area contributed by atoms with E-state index in [0.717, 1.165) is 25.1 Å². The fraction of sp³-hybridized carbons (Fsp3) is 0.364. The summed E-state index contributed by atoms with van der Waals surface area (Å²) in [6, 6.07) is 9.33. The highest BCUT2D eigenvalue weighted by atomic mass is 19.4. The number of carbonyl (C=O) groups is 1. The Hall–Kier alpha value is -3.43. The van der Waals surface area contributed by atoms with Crippen LogP contribution in [0, 0.1) is 5.92 Å². The van der Waals surface area contributed by atoms with Crippen molar-refractivity contribution >= 4 is 11.7 Å². The fourth-order valence-electron chi connectivity index (χ4n) is 4.01. The van der Waals surface area contributed by atoms with E-state index in [1.165, 1.54) is 10.9 Å². The molecule has 0 aliphatic carbocycles. The number of rotatable bonds is 5. The number of para-hydroxylation sites is 1. The molecule has 1 fully saturated rings. The molecule has 1 amide bonds. The quantitative estimate of drug-likeness (QED) is 0.643. The summed E-state index contributed by atoms with van der Waals surface area (Å²) < 4.78 is 38.3. The zero-order chi connectivity index (χ0) is 22.7. The van der Waals surface area contributed by atoms with Crippen molar-refractivity contribution in [2.45, 2.75) is 32.0 Å². The summed E-state index contributed by atoms with van der Waals surface area (Å²) in [6.45, 7) is 3.05. The zero-order valence-electron chi connectivity index (χ0n) is 17.5. The Labute approximate surface area is 183 Å². The van der Waals surface area contributed by atoms with Gasteiger partial charge in [0.05, 0.1) is 35.2 Å². The van der Waals surface area contributed by atoms with Crippen LogP contribution in [0.15, 0.2) is 55.0 Å². The summed E-state index contributed by atoms with van der Waals surface area (Å²) in [7, 11) is 0. The molecule has 3 heterocycles. The summed E-state index contributed by atoms with van der Waals surface area (Å²) in [4.78, 5) is 20.6. The summed E-state index contributed by atoms with van der Waals surface area (Å²) in [5, 5.41) is 11.4. The number of hydrogen-bond donors (Lipinski definition) is 1. The molecule has 0 radical (unpaired) electrons. The smallest absolute Gasteiger partial charge is 0.368 e. The Morgan fingerprint density at radius 1 is 1.16 bits per heavy atom. The van der Waals surface area contributed by atoms with Crippen LogP contribution in [0.2, 0.25) is 0 Å². The van der Waals surface area contributed by atoms with Gasteiger partial charge in [0.25, 0.3) is 5.91 Å². The van der Waals surface area contributed by atoms with Crippen molar-refractivity contribution in [1.29, 1.82) is 0 Å². The van der Waals surface area contributed by atoms with Gasteiger partial charge in [-0.3, -0.25) is 4.79 Å². The minimum atomic E-state index is -4.43. The largest absolute Gasteiger partial charge is 0.417 e. The van der Waals surface area contributed by atoms with Crippen LogP contribution in [-0.2, 0) is 6.18 Å². The second kappa shape index (κ2) is 8.97. The summed E-state index contributed by atoms with van der Waals surface area (Å²) in [6.07, 6.45) is 1.32. The topological polar surface area (TPSA) is 75.9 Å². The highest BCUT2D eigenvalue weighted by Crippen LogP contribution is 2.30. The van der Waals surface area contributed by atoms with Gasteiger partial charge in [-0.25, -0.2) is 4.98 Å².